The number of nitrogens with zero attached hydrogens (tertiary/aromatic N) is 2. The first-order chi connectivity index (χ1) is 7.70. The predicted octanol–water partition coefficient (Wildman–Crippen LogP) is 0.411. The van der Waals surface area contributed by atoms with Crippen LogP contribution in [0.5, 0.6) is 0 Å². The van der Waals surface area contributed by atoms with Crippen molar-refractivity contribution >= 4 is 13.1 Å². The second-order valence-corrected chi connectivity index (χ2v) is 4.87. The van der Waals surface area contributed by atoms with Crippen LogP contribution in [-0.4, -0.2) is 38.5 Å². The van der Waals surface area contributed by atoms with Crippen LogP contribution in [-0.2, 0) is 4.74 Å². The summed E-state index contributed by atoms with van der Waals surface area (Å²) in [6.07, 6.45) is 2.77. The molecule has 94 valence electrons. The molecule has 1 aromatic rings. The highest BCUT2D eigenvalue weighted by molar-refractivity contribution is 6.41. The Labute approximate surface area is 100 Å². The average Bonchev–Trinajstić information content (AvgIpc) is 2.62. The number of esters is 1. The molecule has 0 amide bonds. The molecule has 1 atom stereocenters. The van der Waals surface area contributed by atoms with Crippen molar-refractivity contribution in [3.63, 3.8) is 0 Å². The Morgan fingerprint density at radius 2 is 2.12 bits per heavy atom. The minimum absolute atomic E-state index is 0.285. The van der Waals surface area contributed by atoms with E-state index in [1.165, 1.54) is 17.1 Å². The van der Waals surface area contributed by atoms with Gasteiger partial charge in [0.25, 0.3) is 0 Å². The highest BCUT2D eigenvalue weighted by Crippen LogP contribution is 2.13. The van der Waals surface area contributed by atoms with Crippen molar-refractivity contribution < 1.29 is 19.6 Å². The number of carbonyl (C=O) groups excluding carboxylic acids is 1. The van der Waals surface area contributed by atoms with Gasteiger partial charge >= 0.3 is 13.1 Å². The van der Waals surface area contributed by atoms with E-state index < -0.39 is 24.6 Å². The van der Waals surface area contributed by atoms with Gasteiger partial charge in [0.05, 0.1) is 17.7 Å². The Morgan fingerprint density at radius 3 is 2.59 bits per heavy atom. The number of rotatable bonds is 3. The molecule has 2 N–H and O–H groups in total. The summed E-state index contributed by atoms with van der Waals surface area (Å²) >= 11 is 0. The fourth-order valence-electron chi connectivity index (χ4n) is 1.14. The van der Waals surface area contributed by atoms with Crippen LogP contribution in [0.15, 0.2) is 12.4 Å². The van der Waals surface area contributed by atoms with Gasteiger partial charge in [-0.3, -0.25) is 4.68 Å². The van der Waals surface area contributed by atoms with E-state index in [0.29, 0.717) is 0 Å². The standard InChI is InChI=1S/C10H17BN2O4/c1-7(11(15)16)13-6-8(5-12-13)9(14)17-10(2,3)4/h5-7,15-16H,1-4H3/t7-/m1/s1. The fourth-order valence-corrected chi connectivity index (χ4v) is 1.14. The van der Waals surface area contributed by atoms with Gasteiger partial charge in [0.2, 0.25) is 0 Å². The van der Waals surface area contributed by atoms with Gasteiger partial charge in [-0.1, -0.05) is 0 Å². The minimum atomic E-state index is -1.53. The molecule has 0 aliphatic rings. The lowest BCUT2D eigenvalue weighted by Gasteiger charge is -2.18. The number of hydrogen-bond acceptors (Lipinski definition) is 5. The number of ether oxygens (including phenoxy) is 1. The number of carbonyl (C=O) groups is 1. The van der Waals surface area contributed by atoms with Gasteiger partial charge in [0, 0.05) is 6.20 Å². The maximum atomic E-state index is 11.7. The van der Waals surface area contributed by atoms with E-state index in [2.05, 4.69) is 5.10 Å². The molecule has 0 saturated carbocycles. The summed E-state index contributed by atoms with van der Waals surface area (Å²) in [7, 11) is -1.53. The maximum absolute atomic E-state index is 11.7. The summed E-state index contributed by atoms with van der Waals surface area (Å²) in [6, 6.07) is 0. The molecular weight excluding hydrogens is 223 g/mol. The molecule has 6 nitrogen and oxygen atoms in total. The van der Waals surface area contributed by atoms with E-state index in [4.69, 9.17) is 14.8 Å². The molecule has 0 aromatic carbocycles. The summed E-state index contributed by atoms with van der Waals surface area (Å²) < 4.78 is 6.47. The molecule has 0 aliphatic carbocycles. The van der Waals surface area contributed by atoms with Crippen LogP contribution >= 0.6 is 0 Å². The van der Waals surface area contributed by atoms with Crippen LogP contribution in [0.4, 0.5) is 0 Å². The third-order valence-corrected chi connectivity index (χ3v) is 2.08. The Bertz CT molecular complexity index is 397. The lowest BCUT2D eigenvalue weighted by molar-refractivity contribution is 0.00693. The molecule has 0 aliphatic heterocycles. The Kier molecular flexibility index (Phi) is 3.95. The van der Waals surface area contributed by atoms with E-state index in [1.54, 1.807) is 27.7 Å². The summed E-state index contributed by atoms with van der Waals surface area (Å²) in [5.74, 6) is -1.10. The third-order valence-electron chi connectivity index (χ3n) is 2.08. The molecule has 0 bridgehead atoms. The number of hydrogen-bond donors (Lipinski definition) is 2. The van der Waals surface area contributed by atoms with E-state index in [-0.39, 0.29) is 5.56 Å². The molecule has 1 aromatic heterocycles. The summed E-state index contributed by atoms with van der Waals surface area (Å²) in [5.41, 5.74) is -0.284. The largest absolute Gasteiger partial charge is 0.477 e. The highest BCUT2D eigenvalue weighted by atomic mass is 16.6. The summed E-state index contributed by atoms with van der Waals surface area (Å²) in [6.45, 7) is 6.90. The summed E-state index contributed by atoms with van der Waals surface area (Å²) in [4.78, 5) is 11.7. The molecule has 1 heterocycles. The van der Waals surface area contributed by atoms with E-state index >= 15 is 0 Å². The molecule has 0 spiro atoms. The van der Waals surface area contributed by atoms with Crippen LogP contribution in [0.2, 0.25) is 0 Å². The fraction of sp³-hybridized carbons (Fsp3) is 0.600. The predicted molar refractivity (Wildman–Crippen MR) is 62.3 cm³/mol. The van der Waals surface area contributed by atoms with E-state index in [0.717, 1.165) is 0 Å². The quantitative estimate of drug-likeness (QED) is 0.590. The van der Waals surface area contributed by atoms with Crippen molar-refractivity contribution in [3.05, 3.63) is 18.0 Å². The van der Waals surface area contributed by atoms with Gasteiger partial charge in [-0.25, -0.2) is 4.79 Å². The SMILES string of the molecule is C[C@H](B(O)O)n1cc(C(=O)OC(C)(C)C)cn1. The lowest BCUT2D eigenvalue weighted by Crippen LogP contribution is -2.26. The van der Waals surface area contributed by atoms with E-state index in [1.807, 2.05) is 0 Å². The zero-order chi connectivity index (χ0) is 13.2. The highest BCUT2D eigenvalue weighted by Gasteiger charge is 2.23. The summed E-state index contributed by atoms with van der Waals surface area (Å²) in [5, 5.41) is 21.9. The van der Waals surface area contributed by atoms with Crippen molar-refractivity contribution in [1.29, 1.82) is 0 Å². The van der Waals surface area contributed by atoms with Crippen molar-refractivity contribution in [1.82, 2.24) is 9.78 Å². The van der Waals surface area contributed by atoms with Gasteiger partial charge in [-0.15, -0.1) is 0 Å². The average molecular weight is 240 g/mol. The van der Waals surface area contributed by atoms with Crippen molar-refractivity contribution in [2.24, 2.45) is 0 Å². The monoisotopic (exact) mass is 240 g/mol. The molecule has 1 rings (SSSR count). The minimum Gasteiger partial charge on any atom is -0.456 e. The van der Waals surface area contributed by atoms with Crippen LogP contribution in [0.3, 0.4) is 0 Å². The molecule has 0 radical (unpaired) electrons. The molecule has 0 unspecified atom stereocenters. The number of aromatic nitrogens is 2. The van der Waals surface area contributed by atoms with Gasteiger partial charge in [0.1, 0.15) is 5.60 Å². The van der Waals surface area contributed by atoms with Crippen LogP contribution in [0.1, 0.15) is 44.0 Å². The second-order valence-electron chi connectivity index (χ2n) is 4.87. The van der Waals surface area contributed by atoms with E-state index in [9.17, 15) is 4.79 Å². The molecular formula is C10H17BN2O4. The first-order valence-corrected chi connectivity index (χ1v) is 5.34. The smallest absolute Gasteiger partial charge is 0.456 e. The topological polar surface area (TPSA) is 84.6 Å². The van der Waals surface area contributed by atoms with Gasteiger partial charge in [-0.2, -0.15) is 5.10 Å². The Hall–Kier alpha value is -1.34. The van der Waals surface area contributed by atoms with Gasteiger partial charge in [0.15, 0.2) is 0 Å². The zero-order valence-corrected chi connectivity index (χ0v) is 10.4. The molecule has 17 heavy (non-hydrogen) atoms. The van der Waals surface area contributed by atoms with Crippen molar-refractivity contribution in [2.45, 2.75) is 39.2 Å². The lowest BCUT2D eigenvalue weighted by atomic mass is 9.81. The van der Waals surface area contributed by atoms with Crippen LogP contribution < -0.4 is 0 Å². The second kappa shape index (κ2) is 4.89. The van der Waals surface area contributed by atoms with Crippen LogP contribution in [0.25, 0.3) is 0 Å². The first-order valence-electron chi connectivity index (χ1n) is 5.34. The van der Waals surface area contributed by atoms with Crippen molar-refractivity contribution in [2.75, 3.05) is 0 Å². The van der Waals surface area contributed by atoms with Gasteiger partial charge < -0.3 is 14.8 Å². The molecule has 0 fully saturated rings. The van der Waals surface area contributed by atoms with Crippen molar-refractivity contribution in [3.8, 4) is 0 Å². The maximum Gasteiger partial charge on any atom is 0.477 e. The first kappa shape index (κ1) is 13.7. The van der Waals surface area contributed by atoms with Crippen LogP contribution in [0, 0.1) is 0 Å². The molecule has 0 saturated heterocycles. The Balaban J connectivity index is 2.78. The zero-order valence-electron chi connectivity index (χ0n) is 10.4. The van der Waals surface area contributed by atoms with Gasteiger partial charge in [-0.05, 0) is 27.7 Å². The molecule has 7 heteroatoms. The normalized spacial score (nSPS) is 13.3. The Morgan fingerprint density at radius 1 is 1.53 bits per heavy atom. The third kappa shape index (κ3) is 3.87.